The number of amides is 1. The second-order valence-electron chi connectivity index (χ2n) is 5.15. The quantitative estimate of drug-likeness (QED) is 0.710. The van der Waals surface area contributed by atoms with E-state index in [-0.39, 0.29) is 17.4 Å². The molecule has 0 rings (SSSR count). The first-order chi connectivity index (χ1) is 6.82. The molecule has 0 aromatic carbocycles. The maximum Gasteiger partial charge on any atom is 0.246 e. The van der Waals surface area contributed by atoms with Crippen LogP contribution in [-0.2, 0) is 4.79 Å². The standard InChI is InChI=1S/C13H25NO/c1-7-9-11(13(4,5)6)14-12(15)10(3)8-2/h8,11H,7,9H2,1-6H3,(H,14,15). The molecule has 15 heavy (non-hydrogen) atoms. The Morgan fingerprint density at radius 2 is 1.93 bits per heavy atom. The highest BCUT2D eigenvalue weighted by Crippen LogP contribution is 2.23. The monoisotopic (exact) mass is 211 g/mol. The molecular formula is C13H25NO. The third-order valence-electron chi connectivity index (χ3n) is 2.72. The zero-order chi connectivity index (χ0) is 12.1. The summed E-state index contributed by atoms with van der Waals surface area (Å²) in [6.45, 7) is 12.4. The van der Waals surface area contributed by atoms with Crippen molar-refractivity contribution in [2.24, 2.45) is 5.41 Å². The summed E-state index contributed by atoms with van der Waals surface area (Å²) in [5, 5.41) is 3.10. The number of allylic oxidation sites excluding steroid dienone is 1. The van der Waals surface area contributed by atoms with E-state index in [1.54, 1.807) is 0 Å². The molecule has 1 atom stereocenters. The van der Waals surface area contributed by atoms with Crippen molar-refractivity contribution < 1.29 is 4.79 Å². The van der Waals surface area contributed by atoms with E-state index in [4.69, 9.17) is 0 Å². The molecule has 0 heterocycles. The molecule has 1 unspecified atom stereocenters. The second kappa shape index (κ2) is 5.94. The largest absolute Gasteiger partial charge is 0.349 e. The van der Waals surface area contributed by atoms with Crippen molar-refractivity contribution in [3.8, 4) is 0 Å². The van der Waals surface area contributed by atoms with E-state index in [1.807, 2.05) is 19.9 Å². The number of nitrogens with one attached hydrogen (secondary N) is 1. The van der Waals surface area contributed by atoms with Crippen molar-refractivity contribution >= 4 is 5.91 Å². The molecule has 0 aromatic rings. The Hall–Kier alpha value is -0.790. The average Bonchev–Trinajstić information content (AvgIpc) is 2.14. The van der Waals surface area contributed by atoms with Gasteiger partial charge in [-0.1, -0.05) is 40.2 Å². The van der Waals surface area contributed by atoms with Gasteiger partial charge in [0.15, 0.2) is 0 Å². The predicted octanol–water partition coefficient (Wildman–Crippen LogP) is 3.28. The third kappa shape index (κ3) is 5.01. The van der Waals surface area contributed by atoms with Gasteiger partial charge in [-0.25, -0.2) is 0 Å². The van der Waals surface area contributed by atoms with E-state index in [0.717, 1.165) is 18.4 Å². The third-order valence-corrected chi connectivity index (χ3v) is 2.72. The van der Waals surface area contributed by atoms with Crippen LogP contribution >= 0.6 is 0 Å². The maximum absolute atomic E-state index is 11.7. The van der Waals surface area contributed by atoms with Crippen molar-refractivity contribution in [2.45, 2.75) is 60.4 Å². The zero-order valence-electron chi connectivity index (χ0n) is 11.0. The SMILES string of the molecule is CC=C(C)C(=O)NC(CCC)C(C)(C)C. The summed E-state index contributed by atoms with van der Waals surface area (Å²) in [7, 11) is 0. The number of hydrogen-bond donors (Lipinski definition) is 1. The minimum absolute atomic E-state index is 0.0610. The van der Waals surface area contributed by atoms with Crippen molar-refractivity contribution in [1.82, 2.24) is 5.32 Å². The molecule has 0 aromatic heterocycles. The van der Waals surface area contributed by atoms with Gasteiger partial charge in [-0.3, -0.25) is 4.79 Å². The van der Waals surface area contributed by atoms with Crippen LogP contribution in [0.5, 0.6) is 0 Å². The van der Waals surface area contributed by atoms with Crippen LogP contribution in [0, 0.1) is 5.41 Å². The Morgan fingerprint density at radius 3 is 2.27 bits per heavy atom. The molecule has 0 bridgehead atoms. The molecule has 1 amide bonds. The van der Waals surface area contributed by atoms with Gasteiger partial charge < -0.3 is 5.32 Å². The Morgan fingerprint density at radius 1 is 1.40 bits per heavy atom. The van der Waals surface area contributed by atoms with Crippen LogP contribution in [-0.4, -0.2) is 11.9 Å². The topological polar surface area (TPSA) is 29.1 Å². The normalized spacial score (nSPS) is 14.9. The van der Waals surface area contributed by atoms with Crippen LogP contribution in [0.25, 0.3) is 0 Å². The van der Waals surface area contributed by atoms with E-state index in [9.17, 15) is 4.79 Å². The minimum Gasteiger partial charge on any atom is -0.349 e. The Bertz CT molecular complexity index is 235. The number of hydrogen-bond acceptors (Lipinski definition) is 1. The molecule has 1 N–H and O–H groups in total. The van der Waals surface area contributed by atoms with Gasteiger partial charge in [-0.15, -0.1) is 0 Å². The summed E-state index contributed by atoms with van der Waals surface area (Å²) < 4.78 is 0. The van der Waals surface area contributed by atoms with Crippen LogP contribution in [0.4, 0.5) is 0 Å². The fraction of sp³-hybridized carbons (Fsp3) is 0.769. The van der Waals surface area contributed by atoms with E-state index in [1.165, 1.54) is 0 Å². The zero-order valence-corrected chi connectivity index (χ0v) is 11.0. The summed E-state index contributed by atoms with van der Waals surface area (Å²) >= 11 is 0. The first-order valence-corrected chi connectivity index (χ1v) is 5.76. The van der Waals surface area contributed by atoms with Crippen LogP contribution in [0.1, 0.15) is 54.4 Å². The number of carbonyl (C=O) groups is 1. The molecule has 2 heteroatoms. The molecule has 0 fully saturated rings. The molecular weight excluding hydrogens is 186 g/mol. The fourth-order valence-electron chi connectivity index (χ4n) is 1.41. The van der Waals surface area contributed by atoms with Crippen LogP contribution in [0.3, 0.4) is 0 Å². The lowest BCUT2D eigenvalue weighted by Gasteiger charge is -2.31. The van der Waals surface area contributed by atoms with E-state index in [0.29, 0.717) is 0 Å². The van der Waals surface area contributed by atoms with Gasteiger partial charge in [0.05, 0.1) is 0 Å². The molecule has 0 aliphatic rings. The van der Waals surface area contributed by atoms with Crippen molar-refractivity contribution in [2.75, 3.05) is 0 Å². The average molecular weight is 211 g/mol. The van der Waals surface area contributed by atoms with Gasteiger partial charge >= 0.3 is 0 Å². The molecule has 0 radical (unpaired) electrons. The highest BCUT2D eigenvalue weighted by molar-refractivity contribution is 5.92. The van der Waals surface area contributed by atoms with Gasteiger partial charge in [0.25, 0.3) is 0 Å². The first-order valence-electron chi connectivity index (χ1n) is 5.76. The van der Waals surface area contributed by atoms with Crippen molar-refractivity contribution in [1.29, 1.82) is 0 Å². The van der Waals surface area contributed by atoms with Crippen LogP contribution in [0.15, 0.2) is 11.6 Å². The molecule has 88 valence electrons. The van der Waals surface area contributed by atoms with Gasteiger partial charge in [-0.2, -0.15) is 0 Å². The maximum atomic E-state index is 11.7. The summed E-state index contributed by atoms with van der Waals surface area (Å²) in [4.78, 5) is 11.7. The molecule has 2 nitrogen and oxygen atoms in total. The van der Waals surface area contributed by atoms with Gasteiger partial charge in [0.1, 0.15) is 0 Å². The van der Waals surface area contributed by atoms with Gasteiger partial charge in [0.2, 0.25) is 5.91 Å². The lowest BCUT2D eigenvalue weighted by molar-refractivity contribution is -0.118. The van der Waals surface area contributed by atoms with E-state index in [2.05, 4.69) is 33.0 Å². The Balaban J connectivity index is 4.49. The molecule has 0 spiro atoms. The van der Waals surface area contributed by atoms with E-state index < -0.39 is 0 Å². The van der Waals surface area contributed by atoms with Crippen LogP contribution < -0.4 is 5.32 Å². The molecule has 0 saturated heterocycles. The highest BCUT2D eigenvalue weighted by Gasteiger charge is 2.25. The summed E-state index contributed by atoms with van der Waals surface area (Å²) in [5.41, 5.74) is 0.917. The summed E-state index contributed by atoms with van der Waals surface area (Å²) in [6, 6.07) is 0.255. The van der Waals surface area contributed by atoms with E-state index >= 15 is 0 Å². The molecule has 0 aliphatic heterocycles. The molecule has 0 aliphatic carbocycles. The Kier molecular flexibility index (Phi) is 5.63. The predicted molar refractivity (Wildman–Crippen MR) is 65.7 cm³/mol. The van der Waals surface area contributed by atoms with Crippen LogP contribution in [0.2, 0.25) is 0 Å². The minimum atomic E-state index is 0.0610. The van der Waals surface area contributed by atoms with Crippen molar-refractivity contribution in [3.05, 3.63) is 11.6 Å². The lowest BCUT2D eigenvalue weighted by atomic mass is 9.84. The summed E-state index contributed by atoms with van der Waals surface area (Å²) in [5.74, 6) is 0.0610. The summed E-state index contributed by atoms with van der Waals surface area (Å²) in [6.07, 6.45) is 3.98. The highest BCUT2D eigenvalue weighted by atomic mass is 16.1. The van der Waals surface area contributed by atoms with Crippen molar-refractivity contribution in [3.63, 3.8) is 0 Å². The number of carbonyl (C=O) groups excluding carboxylic acids is 1. The second-order valence-corrected chi connectivity index (χ2v) is 5.15. The lowest BCUT2D eigenvalue weighted by Crippen LogP contribution is -2.43. The first kappa shape index (κ1) is 14.2. The smallest absolute Gasteiger partial charge is 0.246 e. The molecule has 0 saturated carbocycles. The van der Waals surface area contributed by atoms with Gasteiger partial charge in [-0.05, 0) is 25.7 Å². The number of rotatable bonds is 4. The Labute approximate surface area is 94.1 Å². The fourth-order valence-corrected chi connectivity index (χ4v) is 1.41. The van der Waals surface area contributed by atoms with Gasteiger partial charge in [0, 0.05) is 11.6 Å².